The minimum atomic E-state index is -0.102. The molecule has 0 aliphatic carbocycles. The third-order valence-electron chi connectivity index (χ3n) is 2.85. The maximum Gasteiger partial charge on any atom is 0.204 e. The number of alkyl halides is 1. The summed E-state index contributed by atoms with van der Waals surface area (Å²) in [6, 6.07) is 6.65. The number of ether oxygens (including phenoxy) is 1. The second kappa shape index (κ2) is 14.2. The monoisotopic (exact) mass is 399 g/mol. The highest BCUT2D eigenvalue weighted by molar-refractivity contribution is 9.09. The molecule has 0 aliphatic rings. The van der Waals surface area contributed by atoms with Gasteiger partial charge in [0.2, 0.25) is 6.41 Å². The zero-order chi connectivity index (χ0) is 19.2. The summed E-state index contributed by atoms with van der Waals surface area (Å²) in [6.45, 7) is 14.5. The van der Waals surface area contributed by atoms with Crippen molar-refractivity contribution in [2.45, 2.75) is 66.6 Å². The van der Waals surface area contributed by atoms with E-state index in [1.165, 1.54) is 16.7 Å². The first-order valence-electron chi connectivity index (χ1n) is 8.38. The highest BCUT2D eigenvalue weighted by Crippen LogP contribution is 2.19. The molecule has 1 rings (SSSR count). The fourth-order valence-corrected chi connectivity index (χ4v) is 2.43. The minimum Gasteiger partial charge on any atom is -0.372 e. The van der Waals surface area contributed by atoms with Gasteiger partial charge in [0.1, 0.15) is 0 Å². The summed E-state index contributed by atoms with van der Waals surface area (Å²) in [6.07, 6.45) is 5.64. The van der Waals surface area contributed by atoms with Crippen molar-refractivity contribution >= 4 is 28.4 Å². The second-order valence-electron chi connectivity index (χ2n) is 6.04. The molecule has 1 amide bonds. The van der Waals surface area contributed by atoms with E-state index < -0.39 is 0 Å². The van der Waals surface area contributed by atoms with E-state index in [0.717, 1.165) is 11.8 Å². The Bertz CT molecular complexity index is 479. The van der Waals surface area contributed by atoms with Crippen molar-refractivity contribution < 1.29 is 9.53 Å². The number of nitrogens with two attached hydrogens (primary N) is 1. The Morgan fingerprint density at radius 1 is 1.29 bits per heavy atom. The van der Waals surface area contributed by atoms with Gasteiger partial charge in [-0.05, 0) is 57.7 Å². The number of carbonyl (C=O) groups is 1. The van der Waals surface area contributed by atoms with E-state index in [0.29, 0.717) is 0 Å². The Labute approximate surface area is 156 Å². The Morgan fingerprint density at radius 3 is 2.25 bits per heavy atom. The topological polar surface area (TPSA) is 52.3 Å². The summed E-state index contributed by atoms with van der Waals surface area (Å²) < 4.78 is 6.06. The minimum absolute atomic E-state index is 0.102. The number of allylic oxidation sites excluding steroid dienone is 1. The van der Waals surface area contributed by atoms with Crippen LogP contribution >= 0.6 is 15.9 Å². The van der Waals surface area contributed by atoms with E-state index in [2.05, 4.69) is 86.6 Å². The molecule has 0 heterocycles. The van der Waals surface area contributed by atoms with Crippen molar-refractivity contribution in [3.63, 3.8) is 0 Å². The van der Waals surface area contributed by atoms with Crippen LogP contribution in [-0.2, 0) is 16.0 Å². The van der Waals surface area contributed by atoms with E-state index in [1.807, 2.05) is 13.8 Å². The van der Waals surface area contributed by atoms with Crippen LogP contribution in [0.15, 0.2) is 24.3 Å². The first-order valence-corrected chi connectivity index (χ1v) is 9.51. The lowest BCUT2D eigenvalue weighted by atomic mass is 10.0. The van der Waals surface area contributed by atoms with Gasteiger partial charge in [-0.15, -0.1) is 0 Å². The van der Waals surface area contributed by atoms with Crippen molar-refractivity contribution in [2.75, 3.05) is 5.33 Å². The number of hydrogen-bond acceptors (Lipinski definition) is 2. The molecule has 1 unspecified atom stereocenters. The first kappa shape index (κ1) is 25.1. The van der Waals surface area contributed by atoms with E-state index in [1.54, 1.807) is 0 Å². The van der Waals surface area contributed by atoms with Gasteiger partial charge in [-0.3, -0.25) is 4.79 Å². The Kier molecular flexibility index (Phi) is 14.9. The summed E-state index contributed by atoms with van der Waals surface area (Å²) >= 11 is 3.55. The fraction of sp³-hybridized carbons (Fsp3) is 0.550. The van der Waals surface area contributed by atoms with Gasteiger partial charge in [0.05, 0.1) is 11.7 Å². The summed E-state index contributed by atoms with van der Waals surface area (Å²) in [5, 5.41) is 0.858. The molecule has 0 bridgehead atoms. The number of aryl methyl sites for hydroxylation is 1. The first-order chi connectivity index (χ1) is 11.3. The quantitative estimate of drug-likeness (QED) is 0.540. The molecule has 0 saturated carbocycles. The van der Waals surface area contributed by atoms with Crippen LogP contribution in [0.4, 0.5) is 0 Å². The molecule has 1 aromatic carbocycles. The normalized spacial score (nSPS) is 11.8. The SMILES string of the molecule is C/C=C\c1cc(CC(CBr)OC(C)(C)C)ccc1C.CC.NC=O. The lowest BCUT2D eigenvalue weighted by molar-refractivity contribution is -0.106. The number of amides is 1. The predicted molar refractivity (Wildman–Crippen MR) is 110 cm³/mol. The van der Waals surface area contributed by atoms with Gasteiger partial charge in [0, 0.05) is 5.33 Å². The number of hydrogen-bond donors (Lipinski definition) is 1. The number of primary amides is 1. The van der Waals surface area contributed by atoms with Gasteiger partial charge in [0.25, 0.3) is 0 Å². The molecule has 0 aliphatic heterocycles. The van der Waals surface area contributed by atoms with Crippen LogP contribution in [0.1, 0.15) is 58.2 Å². The molecule has 0 radical (unpaired) electrons. The van der Waals surface area contributed by atoms with Gasteiger partial charge in [-0.1, -0.05) is 60.1 Å². The van der Waals surface area contributed by atoms with E-state index in [9.17, 15) is 0 Å². The zero-order valence-corrected chi connectivity index (χ0v) is 17.8. The molecule has 0 aromatic heterocycles. The molecule has 0 saturated heterocycles. The van der Waals surface area contributed by atoms with Gasteiger partial charge < -0.3 is 10.5 Å². The predicted octanol–water partition coefficient (Wildman–Crippen LogP) is 5.28. The molecule has 4 heteroatoms. The molecule has 3 nitrogen and oxygen atoms in total. The number of rotatable bonds is 5. The van der Waals surface area contributed by atoms with Gasteiger partial charge in [-0.2, -0.15) is 0 Å². The van der Waals surface area contributed by atoms with Gasteiger partial charge in [-0.25, -0.2) is 0 Å². The molecule has 138 valence electrons. The molecule has 0 fully saturated rings. The number of benzene rings is 1. The van der Waals surface area contributed by atoms with Gasteiger partial charge in [0.15, 0.2) is 0 Å². The van der Waals surface area contributed by atoms with Crippen molar-refractivity contribution in [3.05, 3.63) is 41.0 Å². The zero-order valence-electron chi connectivity index (χ0n) is 16.2. The second-order valence-corrected chi connectivity index (χ2v) is 6.69. The molecular weight excluding hydrogens is 366 g/mol. The molecule has 24 heavy (non-hydrogen) atoms. The maximum absolute atomic E-state index is 8.58. The average Bonchev–Trinajstić information content (AvgIpc) is 2.51. The Morgan fingerprint density at radius 2 is 1.83 bits per heavy atom. The Hall–Kier alpha value is -1.13. The highest BCUT2D eigenvalue weighted by atomic mass is 79.9. The molecule has 1 aromatic rings. The average molecular weight is 400 g/mol. The Balaban J connectivity index is 0. The van der Waals surface area contributed by atoms with E-state index in [-0.39, 0.29) is 18.1 Å². The smallest absolute Gasteiger partial charge is 0.204 e. The standard InChI is InChI=1S/C17H25BrO.C2H6.CH3NO/c1-6-7-15-10-14(9-8-13(15)2)11-16(12-18)19-17(3,4)5;1-2;2-1-3/h6-10,16H,11-12H2,1-5H3;1-2H3;1H,(H2,2,3)/b7-6-;;. The van der Waals surface area contributed by atoms with Crippen LogP contribution in [-0.4, -0.2) is 23.4 Å². The molecule has 0 spiro atoms. The summed E-state index contributed by atoms with van der Waals surface area (Å²) in [4.78, 5) is 8.58. The number of halogens is 1. The van der Waals surface area contributed by atoms with Crippen LogP contribution in [0.25, 0.3) is 6.08 Å². The van der Waals surface area contributed by atoms with Crippen molar-refractivity contribution in [3.8, 4) is 0 Å². The lowest BCUT2D eigenvalue weighted by Crippen LogP contribution is -2.30. The fourth-order valence-electron chi connectivity index (χ4n) is 2.07. The van der Waals surface area contributed by atoms with Crippen LogP contribution in [0, 0.1) is 6.92 Å². The van der Waals surface area contributed by atoms with Crippen LogP contribution < -0.4 is 5.73 Å². The third-order valence-corrected chi connectivity index (χ3v) is 3.57. The van der Waals surface area contributed by atoms with Crippen molar-refractivity contribution in [2.24, 2.45) is 5.73 Å². The summed E-state index contributed by atoms with van der Waals surface area (Å²) in [5.74, 6) is 0. The highest BCUT2D eigenvalue weighted by Gasteiger charge is 2.18. The largest absolute Gasteiger partial charge is 0.372 e. The molecule has 2 N–H and O–H groups in total. The summed E-state index contributed by atoms with van der Waals surface area (Å²) in [7, 11) is 0. The summed E-state index contributed by atoms with van der Waals surface area (Å²) in [5.41, 5.74) is 8.00. The lowest BCUT2D eigenvalue weighted by Gasteiger charge is -2.26. The van der Waals surface area contributed by atoms with E-state index >= 15 is 0 Å². The van der Waals surface area contributed by atoms with Crippen LogP contribution in [0.5, 0.6) is 0 Å². The van der Waals surface area contributed by atoms with Crippen molar-refractivity contribution in [1.29, 1.82) is 0 Å². The van der Waals surface area contributed by atoms with E-state index in [4.69, 9.17) is 9.53 Å². The van der Waals surface area contributed by atoms with Crippen molar-refractivity contribution in [1.82, 2.24) is 0 Å². The molecule has 1 atom stereocenters. The van der Waals surface area contributed by atoms with Gasteiger partial charge >= 0.3 is 0 Å². The van der Waals surface area contributed by atoms with Crippen LogP contribution in [0.3, 0.4) is 0 Å². The maximum atomic E-state index is 8.58. The number of carbonyl (C=O) groups excluding carboxylic acids is 1. The molecular formula is C20H34BrNO2. The van der Waals surface area contributed by atoms with Crippen LogP contribution in [0.2, 0.25) is 0 Å². The third kappa shape index (κ3) is 12.3.